The Morgan fingerprint density at radius 2 is 1.42 bits per heavy atom. The van der Waals surface area contributed by atoms with Crippen molar-refractivity contribution in [1.82, 2.24) is 0 Å². The second-order valence-corrected chi connectivity index (χ2v) is 6.86. The molecule has 0 unspecified atom stereocenters. The van der Waals surface area contributed by atoms with E-state index in [4.69, 9.17) is 0 Å². The Balaban J connectivity index is 2.20. The van der Waals surface area contributed by atoms with Gasteiger partial charge in [0.2, 0.25) is 0 Å². The topological polar surface area (TPSA) is 0 Å². The van der Waals surface area contributed by atoms with Crippen molar-refractivity contribution < 1.29 is 0 Å². The van der Waals surface area contributed by atoms with Crippen LogP contribution in [0.5, 0.6) is 0 Å². The van der Waals surface area contributed by atoms with E-state index in [2.05, 4.69) is 85.1 Å². The lowest BCUT2D eigenvalue weighted by Gasteiger charge is -2.14. The summed E-state index contributed by atoms with van der Waals surface area (Å²) >= 11 is 0. The molecule has 0 saturated carbocycles. The minimum Gasteiger partial charge on any atom is -0.106 e. The average Bonchev–Trinajstić information content (AvgIpc) is 2.49. The summed E-state index contributed by atoms with van der Waals surface area (Å²) in [4.78, 5) is 0. The number of benzene rings is 3. The van der Waals surface area contributed by atoms with Crippen LogP contribution >= 0.6 is 0 Å². The molecule has 0 aliphatic carbocycles. The zero-order valence-electron chi connectivity index (χ0n) is 10.7. The molecule has 0 amide bonds. The summed E-state index contributed by atoms with van der Waals surface area (Å²) in [6, 6.07) is 25.8. The molecule has 1 radical (unpaired) electrons. The molecule has 1 heteroatoms. The lowest BCUT2D eigenvalue weighted by atomic mass is 10.1. The van der Waals surface area contributed by atoms with Gasteiger partial charge >= 0.3 is 0 Å². The first-order chi connectivity index (χ1) is 9.40. The van der Waals surface area contributed by atoms with E-state index in [0.29, 0.717) is 0 Å². The number of hydrogen-bond acceptors (Lipinski definition) is 0. The predicted octanol–water partition coefficient (Wildman–Crippen LogP) is 3.17. The van der Waals surface area contributed by atoms with Crippen molar-refractivity contribution in [1.29, 1.82) is 0 Å². The van der Waals surface area contributed by atoms with Crippen molar-refractivity contribution in [3.8, 4) is 0 Å². The highest BCUT2D eigenvalue weighted by atomic mass is 28.3. The van der Waals surface area contributed by atoms with Crippen LogP contribution in [0.3, 0.4) is 0 Å². The van der Waals surface area contributed by atoms with E-state index in [9.17, 15) is 0 Å². The predicted molar refractivity (Wildman–Crippen MR) is 85.6 cm³/mol. The van der Waals surface area contributed by atoms with E-state index in [1.54, 1.807) is 0 Å². The lowest BCUT2D eigenvalue weighted by Crippen LogP contribution is -2.40. The average molecular weight is 259 g/mol. The van der Waals surface area contributed by atoms with Crippen molar-refractivity contribution in [3.63, 3.8) is 0 Å². The highest BCUT2D eigenvalue weighted by Crippen LogP contribution is 2.12. The molecule has 0 heterocycles. The first-order valence-electron chi connectivity index (χ1n) is 6.43. The Morgan fingerprint density at radius 1 is 0.737 bits per heavy atom. The van der Waals surface area contributed by atoms with E-state index >= 15 is 0 Å². The SMILES string of the molecule is C=C[Si](c1ccccc1)c1cccc2ccccc12. The number of fused-ring (bicyclic) bond motifs is 1. The van der Waals surface area contributed by atoms with E-state index in [-0.39, 0.29) is 0 Å². The zero-order chi connectivity index (χ0) is 13.1. The third kappa shape index (κ3) is 2.25. The summed E-state index contributed by atoms with van der Waals surface area (Å²) in [5.74, 6) is 0. The quantitative estimate of drug-likeness (QED) is 0.634. The van der Waals surface area contributed by atoms with Crippen LogP contribution in [0.25, 0.3) is 10.8 Å². The van der Waals surface area contributed by atoms with Gasteiger partial charge in [-0.2, -0.15) is 0 Å². The van der Waals surface area contributed by atoms with Crippen molar-refractivity contribution >= 4 is 29.9 Å². The summed E-state index contributed by atoms with van der Waals surface area (Å²) in [6.45, 7) is 4.07. The molecule has 0 N–H and O–H groups in total. The van der Waals surface area contributed by atoms with Crippen LogP contribution in [0.4, 0.5) is 0 Å². The molecule has 3 aromatic rings. The second kappa shape index (κ2) is 5.25. The third-order valence-corrected chi connectivity index (χ3v) is 5.75. The van der Waals surface area contributed by atoms with Gasteiger partial charge in [-0.3, -0.25) is 0 Å². The maximum atomic E-state index is 4.07. The monoisotopic (exact) mass is 259 g/mol. The Hall–Kier alpha value is -2.12. The molecule has 0 saturated heterocycles. The second-order valence-electron chi connectivity index (χ2n) is 4.51. The van der Waals surface area contributed by atoms with E-state index in [1.165, 1.54) is 21.1 Å². The number of hydrogen-bond donors (Lipinski definition) is 0. The van der Waals surface area contributed by atoms with Gasteiger partial charge in [0.15, 0.2) is 0 Å². The fraction of sp³-hybridized carbons (Fsp3) is 0. The van der Waals surface area contributed by atoms with Crippen LogP contribution in [0.15, 0.2) is 85.1 Å². The standard InChI is InChI=1S/C18H15Si/c1-2-19(16-11-4-3-5-12-16)18-14-8-10-15-9-6-7-13-17(15)18/h2-14H,1H2. The molecular formula is C18H15Si. The lowest BCUT2D eigenvalue weighted by molar-refractivity contribution is 1.75. The summed E-state index contributed by atoms with van der Waals surface area (Å²) in [7, 11) is -0.900. The molecule has 3 rings (SSSR count). The van der Waals surface area contributed by atoms with Gasteiger partial charge in [0, 0.05) is 0 Å². The van der Waals surface area contributed by atoms with Gasteiger partial charge in [-0.25, -0.2) is 0 Å². The molecule has 0 spiro atoms. The first kappa shape index (κ1) is 11.9. The fourth-order valence-electron chi connectivity index (χ4n) is 2.46. The van der Waals surface area contributed by atoms with E-state index in [0.717, 1.165) is 0 Å². The van der Waals surface area contributed by atoms with Crippen LogP contribution in [0, 0.1) is 0 Å². The molecule has 0 aliphatic heterocycles. The highest BCUT2D eigenvalue weighted by molar-refractivity contribution is 6.90. The van der Waals surface area contributed by atoms with Crippen LogP contribution < -0.4 is 10.4 Å². The van der Waals surface area contributed by atoms with Crippen molar-refractivity contribution in [2.24, 2.45) is 0 Å². The highest BCUT2D eigenvalue weighted by Gasteiger charge is 2.15. The zero-order valence-corrected chi connectivity index (χ0v) is 11.7. The van der Waals surface area contributed by atoms with Crippen molar-refractivity contribution in [2.45, 2.75) is 0 Å². The van der Waals surface area contributed by atoms with Gasteiger partial charge in [-0.15, -0.1) is 6.58 Å². The van der Waals surface area contributed by atoms with Crippen molar-refractivity contribution in [2.75, 3.05) is 0 Å². The molecule has 0 aliphatic rings. The van der Waals surface area contributed by atoms with Gasteiger partial charge in [-0.1, -0.05) is 83.7 Å². The summed E-state index contributed by atoms with van der Waals surface area (Å²) in [6.07, 6.45) is 0. The van der Waals surface area contributed by atoms with Crippen LogP contribution in [0.1, 0.15) is 0 Å². The smallest absolute Gasteiger partial charge is 0.106 e. The van der Waals surface area contributed by atoms with Gasteiger partial charge in [-0.05, 0) is 16.0 Å². The maximum absolute atomic E-state index is 4.07. The summed E-state index contributed by atoms with van der Waals surface area (Å²) in [5, 5.41) is 5.46. The van der Waals surface area contributed by atoms with Gasteiger partial charge in [0.1, 0.15) is 8.80 Å². The van der Waals surface area contributed by atoms with Gasteiger partial charge < -0.3 is 0 Å². The van der Waals surface area contributed by atoms with E-state index < -0.39 is 8.80 Å². The third-order valence-electron chi connectivity index (χ3n) is 3.37. The molecule has 19 heavy (non-hydrogen) atoms. The normalized spacial score (nSPS) is 10.8. The minimum atomic E-state index is -0.900. The minimum absolute atomic E-state index is 0.900. The molecule has 0 atom stereocenters. The largest absolute Gasteiger partial charge is 0.147 e. The molecule has 0 aromatic heterocycles. The van der Waals surface area contributed by atoms with Crippen LogP contribution in [-0.4, -0.2) is 8.80 Å². The molecular weight excluding hydrogens is 244 g/mol. The fourth-order valence-corrected chi connectivity index (χ4v) is 4.57. The molecule has 3 aromatic carbocycles. The Morgan fingerprint density at radius 3 is 2.21 bits per heavy atom. The summed E-state index contributed by atoms with van der Waals surface area (Å²) in [5.41, 5.74) is 2.13. The molecule has 0 nitrogen and oxygen atoms in total. The van der Waals surface area contributed by atoms with Crippen molar-refractivity contribution in [3.05, 3.63) is 85.1 Å². The Bertz CT molecular complexity index is 696. The van der Waals surface area contributed by atoms with Crippen LogP contribution in [-0.2, 0) is 0 Å². The Kier molecular flexibility index (Phi) is 3.30. The number of rotatable bonds is 3. The Labute approximate surface area is 115 Å². The van der Waals surface area contributed by atoms with Gasteiger partial charge in [0.05, 0.1) is 0 Å². The molecule has 0 bridgehead atoms. The van der Waals surface area contributed by atoms with Crippen LogP contribution in [0.2, 0.25) is 0 Å². The molecule has 0 fully saturated rings. The van der Waals surface area contributed by atoms with E-state index in [1.807, 2.05) is 0 Å². The molecule has 91 valence electrons. The first-order valence-corrected chi connectivity index (χ1v) is 8.01. The maximum Gasteiger partial charge on any atom is 0.147 e. The van der Waals surface area contributed by atoms with Gasteiger partial charge in [0.25, 0.3) is 0 Å². The summed E-state index contributed by atoms with van der Waals surface area (Å²) < 4.78 is 0.